The molecule has 1 heterocycles. The molecule has 0 spiro atoms. The van der Waals surface area contributed by atoms with E-state index in [2.05, 4.69) is 89.5 Å². The number of piperazine rings is 1. The van der Waals surface area contributed by atoms with Gasteiger partial charge in [0.2, 0.25) is 0 Å². The molecule has 0 aromatic heterocycles. The minimum atomic E-state index is 0.646. The standard InChI is InChI=1S/C23H30N2/c1-21(23-12-6-3-7-13-23)14-16-25-19-17-24(18-20-25)15-8-11-22-9-4-2-5-10-22/h2-13,21H,14-20H2,1H3/t21-/m0/s1. The number of nitrogens with zero attached hydrogens (tertiary/aromatic N) is 2. The molecule has 2 aromatic carbocycles. The van der Waals surface area contributed by atoms with Crippen LogP contribution >= 0.6 is 0 Å². The van der Waals surface area contributed by atoms with Crippen molar-refractivity contribution >= 4 is 6.08 Å². The Bertz CT molecular complexity index is 628. The van der Waals surface area contributed by atoms with Crippen molar-refractivity contribution in [1.82, 2.24) is 9.80 Å². The molecule has 1 aliphatic rings. The molecule has 25 heavy (non-hydrogen) atoms. The summed E-state index contributed by atoms with van der Waals surface area (Å²) in [4.78, 5) is 5.17. The summed E-state index contributed by atoms with van der Waals surface area (Å²) >= 11 is 0. The van der Waals surface area contributed by atoms with E-state index >= 15 is 0 Å². The van der Waals surface area contributed by atoms with Crippen LogP contribution in [0.15, 0.2) is 66.7 Å². The second-order valence-electron chi connectivity index (χ2n) is 7.06. The average Bonchev–Trinajstić information content (AvgIpc) is 2.68. The molecule has 3 rings (SSSR count). The largest absolute Gasteiger partial charge is 0.301 e. The fourth-order valence-corrected chi connectivity index (χ4v) is 3.42. The van der Waals surface area contributed by atoms with Crippen molar-refractivity contribution in [1.29, 1.82) is 0 Å². The Morgan fingerprint density at radius 2 is 1.44 bits per heavy atom. The molecular formula is C23H30N2. The molecule has 2 aromatic rings. The van der Waals surface area contributed by atoms with Gasteiger partial charge in [-0.3, -0.25) is 4.90 Å². The van der Waals surface area contributed by atoms with Gasteiger partial charge in [-0.15, -0.1) is 0 Å². The van der Waals surface area contributed by atoms with Crippen LogP contribution in [0.25, 0.3) is 6.08 Å². The van der Waals surface area contributed by atoms with Crippen molar-refractivity contribution in [2.45, 2.75) is 19.3 Å². The van der Waals surface area contributed by atoms with Crippen molar-refractivity contribution in [3.8, 4) is 0 Å². The molecule has 1 atom stereocenters. The first-order valence-electron chi connectivity index (χ1n) is 9.52. The van der Waals surface area contributed by atoms with Gasteiger partial charge in [-0.2, -0.15) is 0 Å². The summed E-state index contributed by atoms with van der Waals surface area (Å²) < 4.78 is 0. The Balaban J connectivity index is 1.35. The highest BCUT2D eigenvalue weighted by atomic mass is 15.3. The summed E-state index contributed by atoms with van der Waals surface area (Å²) in [6.45, 7) is 9.37. The van der Waals surface area contributed by atoms with Crippen LogP contribution in [0.2, 0.25) is 0 Å². The summed E-state index contributed by atoms with van der Waals surface area (Å²) in [6.07, 6.45) is 5.77. The molecule has 2 heteroatoms. The van der Waals surface area contributed by atoms with Gasteiger partial charge in [0.05, 0.1) is 0 Å². The van der Waals surface area contributed by atoms with E-state index < -0.39 is 0 Å². The van der Waals surface area contributed by atoms with Gasteiger partial charge in [-0.25, -0.2) is 0 Å². The molecule has 0 aliphatic carbocycles. The minimum Gasteiger partial charge on any atom is -0.301 e. The molecule has 132 valence electrons. The SMILES string of the molecule is C[C@@H](CCN1CCN(CC=Cc2ccccc2)CC1)c1ccccc1. The number of hydrogen-bond acceptors (Lipinski definition) is 2. The smallest absolute Gasteiger partial charge is 0.0167 e. The van der Waals surface area contributed by atoms with Gasteiger partial charge < -0.3 is 4.90 Å². The molecule has 0 unspecified atom stereocenters. The van der Waals surface area contributed by atoms with Crippen LogP contribution in [-0.2, 0) is 0 Å². The Labute approximate surface area is 152 Å². The average molecular weight is 335 g/mol. The van der Waals surface area contributed by atoms with Crippen LogP contribution < -0.4 is 0 Å². The molecule has 0 saturated carbocycles. The van der Waals surface area contributed by atoms with Gasteiger partial charge in [-0.1, -0.05) is 79.7 Å². The van der Waals surface area contributed by atoms with E-state index in [4.69, 9.17) is 0 Å². The van der Waals surface area contributed by atoms with E-state index in [-0.39, 0.29) is 0 Å². The maximum Gasteiger partial charge on any atom is 0.0167 e. The van der Waals surface area contributed by atoms with Crippen LogP contribution in [0.4, 0.5) is 0 Å². The van der Waals surface area contributed by atoms with E-state index in [0.717, 1.165) is 6.54 Å². The summed E-state index contributed by atoms with van der Waals surface area (Å²) in [6, 6.07) is 21.5. The Kier molecular flexibility index (Phi) is 6.84. The zero-order valence-corrected chi connectivity index (χ0v) is 15.3. The molecule has 1 aliphatic heterocycles. The van der Waals surface area contributed by atoms with Gasteiger partial charge in [0, 0.05) is 32.7 Å². The van der Waals surface area contributed by atoms with Crippen LogP contribution in [0.5, 0.6) is 0 Å². The normalized spacial score (nSPS) is 17.8. The van der Waals surface area contributed by atoms with E-state index in [1.54, 1.807) is 0 Å². The first kappa shape index (κ1) is 17.9. The van der Waals surface area contributed by atoms with Crippen LogP contribution in [0.1, 0.15) is 30.4 Å². The second-order valence-corrected chi connectivity index (χ2v) is 7.06. The topological polar surface area (TPSA) is 6.48 Å². The molecule has 1 saturated heterocycles. The number of rotatable bonds is 7. The molecule has 1 fully saturated rings. The van der Waals surface area contributed by atoms with Crippen LogP contribution in [0.3, 0.4) is 0 Å². The zero-order chi connectivity index (χ0) is 17.3. The first-order chi connectivity index (χ1) is 12.3. The Morgan fingerprint density at radius 3 is 2.12 bits per heavy atom. The molecule has 0 radical (unpaired) electrons. The van der Waals surface area contributed by atoms with Crippen LogP contribution in [0, 0.1) is 0 Å². The molecule has 0 bridgehead atoms. The first-order valence-corrected chi connectivity index (χ1v) is 9.52. The molecular weight excluding hydrogens is 304 g/mol. The van der Waals surface area contributed by atoms with E-state index in [0.29, 0.717) is 5.92 Å². The van der Waals surface area contributed by atoms with Crippen molar-refractivity contribution in [3.63, 3.8) is 0 Å². The van der Waals surface area contributed by atoms with E-state index in [9.17, 15) is 0 Å². The van der Waals surface area contributed by atoms with E-state index in [1.807, 2.05) is 0 Å². The van der Waals surface area contributed by atoms with E-state index in [1.165, 1.54) is 50.3 Å². The monoisotopic (exact) mass is 334 g/mol. The summed E-state index contributed by atoms with van der Waals surface area (Å²) in [7, 11) is 0. The van der Waals surface area contributed by atoms with Crippen molar-refractivity contribution in [3.05, 3.63) is 77.9 Å². The minimum absolute atomic E-state index is 0.646. The summed E-state index contributed by atoms with van der Waals surface area (Å²) in [5.41, 5.74) is 2.75. The quantitative estimate of drug-likeness (QED) is 0.735. The van der Waals surface area contributed by atoms with Gasteiger partial charge in [0.15, 0.2) is 0 Å². The van der Waals surface area contributed by atoms with Crippen molar-refractivity contribution < 1.29 is 0 Å². The highest BCUT2D eigenvalue weighted by Gasteiger charge is 2.16. The van der Waals surface area contributed by atoms with Gasteiger partial charge in [-0.05, 0) is 30.0 Å². The second kappa shape index (κ2) is 9.55. The fraction of sp³-hybridized carbons (Fsp3) is 0.391. The van der Waals surface area contributed by atoms with Crippen molar-refractivity contribution in [2.24, 2.45) is 0 Å². The van der Waals surface area contributed by atoms with Crippen LogP contribution in [-0.4, -0.2) is 49.1 Å². The lowest BCUT2D eigenvalue weighted by Crippen LogP contribution is -2.46. The lowest BCUT2D eigenvalue weighted by molar-refractivity contribution is 0.140. The highest BCUT2D eigenvalue weighted by Crippen LogP contribution is 2.19. The summed E-state index contributed by atoms with van der Waals surface area (Å²) in [5, 5.41) is 0. The maximum atomic E-state index is 2.62. The predicted molar refractivity (Wildman–Crippen MR) is 108 cm³/mol. The fourth-order valence-electron chi connectivity index (χ4n) is 3.42. The highest BCUT2D eigenvalue weighted by molar-refractivity contribution is 5.48. The van der Waals surface area contributed by atoms with Gasteiger partial charge in [0.25, 0.3) is 0 Å². The van der Waals surface area contributed by atoms with Crippen molar-refractivity contribution in [2.75, 3.05) is 39.3 Å². The molecule has 0 amide bonds. The Morgan fingerprint density at radius 1 is 0.840 bits per heavy atom. The third kappa shape index (κ3) is 5.84. The number of hydrogen-bond donors (Lipinski definition) is 0. The molecule has 0 N–H and O–H groups in total. The predicted octanol–water partition coefficient (Wildman–Crippen LogP) is 4.51. The lowest BCUT2D eigenvalue weighted by Gasteiger charge is -2.34. The third-order valence-electron chi connectivity index (χ3n) is 5.19. The molecule has 2 nitrogen and oxygen atoms in total. The van der Waals surface area contributed by atoms with Gasteiger partial charge in [0.1, 0.15) is 0 Å². The Hall–Kier alpha value is -1.90. The zero-order valence-electron chi connectivity index (χ0n) is 15.3. The third-order valence-corrected chi connectivity index (χ3v) is 5.19. The lowest BCUT2D eigenvalue weighted by atomic mass is 9.97. The maximum absolute atomic E-state index is 2.62. The number of benzene rings is 2. The van der Waals surface area contributed by atoms with Gasteiger partial charge >= 0.3 is 0 Å². The summed E-state index contributed by atoms with van der Waals surface area (Å²) in [5.74, 6) is 0.646.